The molecule has 1 saturated carbocycles. The highest BCUT2D eigenvalue weighted by molar-refractivity contribution is 5.94. The van der Waals surface area contributed by atoms with Crippen LogP contribution in [0.3, 0.4) is 0 Å². The van der Waals surface area contributed by atoms with E-state index in [9.17, 15) is 4.79 Å². The Labute approximate surface area is 149 Å². The number of nitrogens with zero attached hydrogens (tertiary/aromatic N) is 1. The fraction of sp³-hybridized carbons (Fsp3) is 0.579. The van der Waals surface area contributed by atoms with Gasteiger partial charge in [0, 0.05) is 24.9 Å². The number of nitrogens with one attached hydrogen (secondary N) is 3. The lowest BCUT2D eigenvalue weighted by molar-refractivity contribution is -0.124. The van der Waals surface area contributed by atoms with E-state index in [4.69, 9.17) is 4.74 Å². The third kappa shape index (κ3) is 5.19. The molecule has 0 aromatic heterocycles. The zero-order chi connectivity index (χ0) is 17.6. The number of aliphatic imine (C=N–C) groups is 1. The largest absolute Gasteiger partial charge is 0.368 e. The number of carbonyl (C=O) groups is 1. The van der Waals surface area contributed by atoms with Gasteiger partial charge in [-0.05, 0) is 49.8 Å². The van der Waals surface area contributed by atoms with Gasteiger partial charge in [-0.2, -0.15) is 0 Å². The summed E-state index contributed by atoms with van der Waals surface area (Å²) < 4.78 is 5.42. The number of amides is 1. The van der Waals surface area contributed by atoms with Crippen LogP contribution >= 0.6 is 0 Å². The quantitative estimate of drug-likeness (QED) is 0.547. The van der Waals surface area contributed by atoms with Crippen LogP contribution in [0.1, 0.15) is 38.7 Å². The van der Waals surface area contributed by atoms with Gasteiger partial charge in [-0.3, -0.25) is 4.79 Å². The third-order valence-electron chi connectivity index (χ3n) is 4.61. The summed E-state index contributed by atoms with van der Waals surface area (Å²) in [6.45, 7) is 6.38. The maximum Gasteiger partial charge on any atom is 0.253 e. The predicted octanol–water partition coefficient (Wildman–Crippen LogP) is 2.27. The van der Waals surface area contributed by atoms with Gasteiger partial charge in [0.15, 0.2) is 5.96 Å². The van der Waals surface area contributed by atoms with Crippen LogP contribution in [0, 0.1) is 5.92 Å². The monoisotopic (exact) mass is 344 g/mol. The molecule has 1 aliphatic carbocycles. The fourth-order valence-corrected chi connectivity index (χ4v) is 2.94. The molecule has 3 N–H and O–H groups in total. The molecule has 3 atom stereocenters. The highest BCUT2D eigenvalue weighted by Gasteiger charge is 2.33. The molecular formula is C19H28N4O2. The molecule has 3 rings (SSSR count). The summed E-state index contributed by atoms with van der Waals surface area (Å²) in [7, 11) is 0. The molecule has 1 amide bonds. The Hall–Kier alpha value is -2.08. The summed E-state index contributed by atoms with van der Waals surface area (Å²) in [6.07, 6.45) is 2.64. The van der Waals surface area contributed by atoms with E-state index in [1.807, 2.05) is 24.3 Å². The second kappa shape index (κ2) is 8.34. The van der Waals surface area contributed by atoms with Crippen molar-refractivity contribution in [1.29, 1.82) is 0 Å². The van der Waals surface area contributed by atoms with E-state index in [1.54, 1.807) is 0 Å². The standard InChI is InChI=1S/C19H28N4O2/c1-3-20-19(23-16-10-13(16)2)21-12-14-6-4-7-15(11-14)22-18(24)17-8-5-9-25-17/h4,6-7,11,13,16-17H,3,5,8-10,12H2,1-2H3,(H,22,24)(H2,20,21,23). The number of ether oxygens (including phenoxy) is 1. The molecule has 6 heteroatoms. The molecule has 136 valence electrons. The molecule has 3 unspecified atom stereocenters. The molecule has 1 saturated heterocycles. The van der Waals surface area contributed by atoms with E-state index in [1.165, 1.54) is 6.42 Å². The molecule has 2 fully saturated rings. The average molecular weight is 344 g/mol. The van der Waals surface area contributed by atoms with Gasteiger partial charge in [0.2, 0.25) is 0 Å². The molecule has 1 heterocycles. The second-order valence-corrected chi connectivity index (χ2v) is 6.85. The average Bonchev–Trinajstić information content (AvgIpc) is 3.07. The van der Waals surface area contributed by atoms with Crippen LogP contribution in [-0.2, 0) is 16.1 Å². The van der Waals surface area contributed by atoms with Gasteiger partial charge in [0.05, 0.1) is 6.54 Å². The van der Waals surface area contributed by atoms with Crippen molar-refractivity contribution in [3.05, 3.63) is 29.8 Å². The summed E-state index contributed by atoms with van der Waals surface area (Å²) in [5, 5.41) is 9.67. The van der Waals surface area contributed by atoms with E-state index in [-0.39, 0.29) is 12.0 Å². The van der Waals surface area contributed by atoms with Crippen LogP contribution in [-0.4, -0.2) is 37.2 Å². The lowest BCUT2D eigenvalue weighted by Crippen LogP contribution is -2.39. The topological polar surface area (TPSA) is 74.8 Å². The van der Waals surface area contributed by atoms with E-state index >= 15 is 0 Å². The normalized spacial score (nSPS) is 25.5. The minimum atomic E-state index is -0.313. The minimum Gasteiger partial charge on any atom is -0.368 e. The Morgan fingerprint density at radius 3 is 2.92 bits per heavy atom. The molecule has 1 aromatic rings. The smallest absolute Gasteiger partial charge is 0.253 e. The summed E-state index contributed by atoms with van der Waals surface area (Å²) in [6, 6.07) is 8.37. The number of benzene rings is 1. The van der Waals surface area contributed by atoms with Crippen molar-refractivity contribution < 1.29 is 9.53 Å². The predicted molar refractivity (Wildman–Crippen MR) is 99.6 cm³/mol. The summed E-state index contributed by atoms with van der Waals surface area (Å²) >= 11 is 0. The Morgan fingerprint density at radius 2 is 2.24 bits per heavy atom. The summed E-state index contributed by atoms with van der Waals surface area (Å²) in [4.78, 5) is 16.8. The number of rotatable bonds is 6. The Kier molecular flexibility index (Phi) is 5.91. The minimum absolute atomic E-state index is 0.0594. The van der Waals surface area contributed by atoms with E-state index < -0.39 is 0 Å². The van der Waals surface area contributed by atoms with Gasteiger partial charge in [-0.25, -0.2) is 4.99 Å². The highest BCUT2D eigenvalue weighted by atomic mass is 16.5. The van der Waals surface area contributed by atoms with Crippen molar-refractivity contribution in [2.45, 2.75) is 51.8 Å². The first kappa shape index (κ1) is 17.7. The summed E-state index contributed by atoms with van der Waals surface area (Å²) in [5.41, 5.74) is 1.85. The van der Waals surface area contributed by atoms with Crippen LogP contribution in [0.25, 0.3) is 0 Å². The van der Waals surface area contributed by atoms with Crippen LogP contribution in [0.15, 0.2) is 29.3 Å². The molecule has 0 spiro atoms. The molecule has 1 aromatic carbocycles. The first-order valence-electron chi connectivity index (χ1n) is 9.22. The fourth-order valence-electron chi connectivity index (χ4n) is 2.94. The molecule has 0 radical (unpaired) electrons. The Morgan fingerprint density at radius 1 is 1.40 bits per heavy atom. The molecular weight excluding hydrogens is 316 g/mol. The molecule has 25 heavy (non-hydrogen) atoms. The van der Waals surface area contributed by atoms with E-state index in [0.717, 1.165) is 42.5 Å². The number of anilines is 1. The number of guanidine groups is 1. The third-order valence-corrected chi connectivity index (χ3v) is 4.61. The molecule has 1 aliphatic heterocycles. The molecule has 2 aliphatic rings. The van der Waals surface area contributed by atoms with Crippen molar-refractivity contribution >= 4 is 17.6 Å². The first-order valence-corrected chi connectivity index (χ1v) is 9.22. The van der Waals surface area contributed by atoms with Crippen LogP contribution < -0.4 is 16.0 Å². The van der Waals surface area contributed by atoms with Gasteiger partial charge in [0.25, 0.3) is 5.91 Å². The molecule has 0 bridgehead atoms. The van der Waals surface area contributed by atoms with Gasteiger partial charge >= 0.3 is 0 Å². The van der Waals surface area contributed by atoms with Gasteiger partial charge in [-0.1, -0.05) is 19.1 Å². The van der Waals surface area contributed by atoms with Crippen molar-refractivity contribution in [3.63, 3.8) is 0 Å². The van der Waals surface area contributed by atoms with Crippen molar-refractivity contribution in [1.82, 2.24) is 10.6 Å². The van der Waals surface area contributed by atoms with Crippen LogP contribution in [0.5, 0.6) is 0 Å². The SMILES string of the molecule is CCNC(=NCc1cccc(NC(=O)C2CCCO2)c1)NC1CC1C. The van der Waals surface area contributed by atoms with Gasteiger partial charge < -0.3 is 20.7 Å². The highest BCUT2D eigenvalue weighted by Crippen LogP contribution is 2.28. The Bertz CT molecular complexity index is 626. The first-order chi connectivity index (χ1) is 12.2. The number of carbonyl (C=O) groups excluding carboxylic acids is 1. The van der Waals surface area contributed by atoms with Gasteiger partial charge in [0.1, 0.15) is 6.10 Å². The second-order valence-electron chi connectivity index (χ2n) is 6.85. The zero-order valence-electron chi connectivity index (χ0n) is 15.0. The Balaban J connectivity index is 1.58. The number of hydrogen-bond acceptors (Lipinski definition) is 3. The number of hydrogen-bond donors (Lipinski definition) is 3. The maximum absolute atomic E-state index is 12.2. The van der Waals surface area contributed by atoms with E-state index in [0.29, 0.717) is 19.2 Å². The van der Waals surface area contributed by atoms with Crippen molar-refractivity contribution in [3.8, 4) is 0 Å². The van der Waals surface area contributed by atoms with Gasteiger partial charge in [-0.15, -0.1) is 0 Å². The van der Waals surface area contributed by atoms with E-state index in [2.05, 4.69) is 34.8 Å². The van der Waals surface area contributed by atoms with Crippen LogP contribution in [0.2, 0.25) is 0 Å². The van der Waals surface area contributed by atoms with Crippen LogP contribution in [0.4, 0.5) is 5.69 Å². The lowest BCUT2D eigenvalue weighted by atomic mass is 10.2. The maximum atomic E-state index is 12.2. The lowest BCUT2D eigenvalue weighted by Gasteiger charge is -2.12. The molecule has 6 nitrogen and oxygen atoms in total. The zero-order valence-corrected chi connectivity index (χ0v) is 15.0. The van der Waals surface area contributed by atoms with Crippen molar-refractivity contribution in [2.75, 3.05) is 18.5 Å². The summed E-state index contributed by atoms with van der Waals surface area (Å²) in [5.74, 6) is 1.52. The van der Waals surface area contributed by atoms with Crippen molar-refractivity contribution in [2.24, 2.45) is 10.9 Å².